The smallest absolute Gasteiger partial charge is 0.220 e. The molecule has 3 aliphatic heterocycles. The van der Waals surface area contributed by atoms with Crippen LogP contribution < -0.4 is 5.32 Å². The van der Waals surface area contributed by atoms with Crippen molar-refractivity contribution in [1.82, 2.24) is 5.32 Å². The van der Waals surface area contributed by atoms with Gasteiger partial charge in [-0.15, -0.1) is 0 Å². The van der Waals surface area contributed by atoms with Crippen molar-refractivity contribution in [1.29, 1.82) is 0 Å². The Balaban J connectivity index is 1.26. The van der Waals surface area contributed by atoms with Crippen LogP contribution in [0.1, 0.15) is 380 Å². The lowest BCUT2D eigenvalue weighted by Gasteiger charge is -2.48. The van der Waals surface area contributed by atoms with Crippen LogP contribution in [0.4, 0.5) is 0 Å². The fraction of sp³-hybridized carbons (Fsp3) is 0.988. The molecule has 17 atom stereocenters. The highest BCUT2D eigenvalue weighted by Gasteiger charge is 2.54. The lowest BCUT2D eigenvalue weighted by atomic mass is 9.96. The standard InChI is InChI=1S/C81H157NO18/c1-3-5-7-9-11-13-15-17-19-20-21-22-23-24-25-26-27-28-29-30-31-32-33-34-35-36-37-38-39-40-41-42-43-45-47-49-51-53-55-57-59-69(87)82-64(65(86)58-56-54-52-50-48-46-44-18-16-14-12-10-8-6-4-2)63-95-79-75(93)72(90)77(67(61-84)97-79)100-81-76(94)73(91)78(68(62-85)98-81)99-80-74(92)71(89)70(88)66(60-83)96-80/h64-68,70-81,83-86,88-94H,3-63H2,1-2H3,(H,82,87). The van der Waals surface area contributed by atoms with E-state index in [9.17, 15) is 61.0 Å². The van der Waals surface area contributed by atoms with Crippen molar-refractivity contribution >= 4 is 5.91 Å². The Morgan fingerprint density at radius 2 is 0.570 bits per heavy atom. The normalized spacial score (nSPS) is 26.4. The molecule has 100 heavy (non-hydrogen) atoms. The van der Waals surface area contributed by atoms with E-state index in [0.717, 1.165) is 44.9 Å². The van der Waals surface area contributed by atoms with E-state index in [1.165, 1.54) is 302 Å². The number of aliphatic hydroxyl groups excluding tert-OH is 11. The number of nitrogens with one attached hydrogen (secondary N) is 1. The number of aliphatic hydroxyl groups is 11. The van der Waals surface area contributed by atoms with Gasteiger partial charge in [-0.3, -0.25) is 4.79 Å². The summed E-state index contributed by atoms with van der Waals surface area (Å²) in [5, 5.41) is 121. The van der Waals surface area contributed by atoms with Crippen molar-refractivity contribution in [3.05, 3.63) is 0 Å². The number of unbranched alkanes of at least 4 members (excludes halogenated alkanes) is 53. The summed E-state index contributed by atoms with van der Waals surface area (Å²) in [6.07, 6.45) is 46.7. The van der Waals surface area contributed by atoms with Crippen LogP contribution in [-0.4, -0.2) is 193 Å². The highest BCUT2D eigenvalue weighted by atomic mass is 16.8. The number of carbonyl (C=O) groups excluding carboxylic acids is 1. The van der Waals surface area contributed by atoms with E-state index in [4.69, 9.17) is 28.4 Å². The van der Waals surface area contributed by atoms with Gasteiger partial charge in [-0.1, -0.05) is 361 Å². The van der Waals surface area contributed by atoms with Crippen LogP contribution in [0.5, 0.6) is 0 Å². The van der Waals surface area contributed by atoms with E-state index >= 15 is 0 Å². The van der Waals surface area contributed by atoms with Crippen LogP contribution in [0, 0.1) is 0 Å². The van der Waals surface area contributed by atoms with Gasteiger partial charge in [0.05, 0.1) is 38.6 Å². The van der Waals surface area contributed by atoms with Gasteiger partial charge in [0.15, 0.2) is 18.9 Å². The lowest BCUT2D eigenvalue weighted by Crippen LogP contribution is -2.66. The van der Waals surface area contributed by atoms with Crippen LogP contribution in [0.3, 0.4) is 0 Å². The van der Waals surface area contributed by atoms with Gasteiger partial charge in [0.2, 0.25) is 5.91 Å². The molecule has 1 amide bonds. The molecule has 594 valence electrons. The zero-order valence-electron chi connectivity index (χ0n) is 63.7. The van der Waals surface area contributed by atoms with Gasteiger partial charge in [-0.2, -0.15) is 0 Å². The van der Waals surface area contributed by atoms with Gasteiger partial charge in [-0.25, -0.2) is 0 Å². The van der Waals surface area contributed by atoms with Crippen molar-refractivity contribution in [2.24, 2.45) is 0 Å². The first-order chi connectivity index (χ1) is 48.8. The topological polar surface area (TPSA) is 307 Å². The zero-order chi connectivity index (χ0) is 72.5. The maximum Gasteiger partial charge on any atom is 0.220 e. The summed E-state index contributed by atoms with van der Waals surface area (Å²) in [4.78, 5) is 13.5. The minimum absolute atomic E-state index is 0.233. The fourth-order valence-corrected chi connectivity index (χ4v) is 14.9. The van der Waals surface area contributed by atoms with Gasteiger partial charge in [0.25, 0.3) is 0 Å². The molecule has 17 unspecified atom stereocenters. The average molecular weight is 1430 g/mol. The molecule has 0 aromatic carbocycles. The second-order valence-electron chi connectivity index (χ2n) is 30.7. The fourth-order valence-electron chi connectivity index (χ4n) is 14.9. The number of ether oxygens (including phenoxy) is 6. The van der Waals surface area contributed by atoms with Gasteiger partial charge in [-0.05, 0) is 12.8 Å². The minimum atomic E-state index is -1.97. The first-order valence-electron chi connectivity index (χ1n) is 42.3. The predicted octanol–water partition coefficient (Wildman–Crippen LogP) is 14.6. The molecule has 0 aliphatic carbocycles. The summed E-state index contributed by atoms with van der Waals surface area (Å²) in [6.45, 7) is 1.86. The van der Waals surface area contributed by atoms with Crippen LogP contribution in [0.25, 0.3) is 0 Å². The quantitative estimate of drug-likeness (QED) is 0.0252. The molecule has 0 bridgehead atoms. The highest BCUT2D eigenvalue weighted by molar-refractivity contribution is 5.76. The van der Waals surface area contributed by atoms with E-state index in [2.05, 4.69) is 19.2 Å². The van der Waals surface area contributed by atoms with E-state index in [1.54, 1.807) is 0 Å². The Bertz CT molecular complexity index is 1810. The van der Waals surface area contributed by atoms with Crippen LogP contribution >= 0.6 is 0 Å². The van der Waals surface area contributed by atoms with E-state index in [0.29, 0.717) is 12.8 Å². The molecule has 3 aliphatic rings. The van der Waals surface area contributed by atoms with Crippen molar-refractivity contribution in [3.63, 3.8) is 0 Å². The Morgan fingerprint density at radius 1 is 0.320 bits per heavy atom. The highest BCUT2D eigenvalue weighted by Crippen LogP contribution is 2.34. The summed E-state index contributed by atoms with van der Waals surface area (Å²) < 4.78 is 34.5. The summed E-state index contributed by atoms with van der Waals surface area (Å²) in [5.74, 6) is -0.233. The molecular formula is C81H157NO18. The van der Waals surface area contributed by atoms with Crippen LogP contribution in [0.2, 0.25) is 0 Å². The first-order valence-corrected chi connectivity index (χ1v) is 42.3. The van der Waals surface area contributed by atoms with Gasteiger partial charge >= 0.3 is 0 Å². The van der Waals surface area contributed by atoms with Gasteiger partial charge < -0.3 is 89.9 Å². The molecule has 3 rings (SSSR count). The Morgan fingerprint density at radius 3 is 0.870 bits per heavy atom. The van der Waals surface area contributed by atoms with Crippen molar-refractivity contribution in [2.45, 2.75) is 484 Å². The molecule has 3 fully saturated rings. The summed E-state index contributed by atoms with van der Waals surface area (Å²) >= 11 is 0. The number of amides is 1. The van der Waals surface area contributed by atoms with E-state index in [1.807, 2.05) is 0 Å². The van der Waals surface area contributed by atoms with Crippen molar-refractivity contribution in [2.75, 3.05) is 26.4 Å². The first kappa shape index (κ1) is 93.0. The predicted molar refractivity (Wildman–Crippen MR) is 397 cm³/mol. The average Bonchev–Trinajstić information content (AvgIpc) is 0.783. The molecule has 0 aromatic rings. The van der Waals surface area contributed by atoms with Crippen molar-refractivity contribution in [3.8, 4) is 0 Å². The number of hydrogen-bond donors (Lipinski definition) is 12. The molecule has 3 heterocycles. The molecule has 0 radical (unpaired) electrons. The maximum atomic E-state index is 13.5. The van der Waals surface area contributed by atoms with E-state index in [-0.39, 0.29) is 18.9 Å². The third kappa shape index (κ3) is 42.4. The second-order valence-corrected chi connectivity index (χ2v) is 30.7. The van der Waals surface area contributed by atoms with Crippen LogP contribution in [-0.2, 0) is 33.2 Å². The monoisotopic (exact) mass is 1430 g/mol. The minimum Gasteiger partial charge on any atom is -0.394 e. The SMILES string of the molecule is CCCCCCCCCCCCCCCCCCCCCCCCCCCCCCCCCCCCCCCCCCC(=O)NC(COC1OC(CO)C(OC2OC(CO)C(OC3OC(CO)C(O)C(O)C3O)C(O)C2O)C(O)C1O)C(O)CCCCCCCCCCCCCCCCC. The number of hydrogen-bond acceptors (Lipinski definition) is 18. The molecule has 0 aromatic heterocycles. The van der Waals surface area contributed by atoms with Gasteiger partial charge in [0, 0.05) is 6.42 Å². The maximum absolute atomic E-state index is 13.5. The molecule has 12 N–H and O–H groups in total. The van der Waals surface area contributed by atoms with Crippen molar-refractivity contribution < 1.29 is 89.4 Å². The Labute approximate surface area is 608 Å². The summed E-state index contributed by atoms with van der Waals surface area (Å²) in [7, 11) is 0. The Hall–Kier alpha value is -1.21. The molecule has 19 heteroatoms. The third-order valence-electron chi connectivity index (χ3n) is 21.7. The molecule has 19 nitrogen and oxygen atoms in total. The van der Waals surface area contributed by atoms with E-state index < -0.39 is 124 Å². The van der Waals surface area contributed by atoms with Gasteiger partial charge in [0.1, 0.15) is 73.2 Å². The summed E-state index contributed by atoms with van der Waals surface area (Å²) in [5.41, 5.74) is 0. The zero-order valence-corrected chi connectivity index (χ0v) is 63.7. The number of rotatable bonds is 69. The van der Waals surface area contributed by atoms with Crippen LogP contribution in [0.15, 0.2) is 0 Å². The number of carbonyl (C=O) groups is 1. The molecule has 3 saturated heterocycles. The second kappa shape index (κ2) is 62.8. The molecule has 0 spiro atoms. The largest absolute Gasteiger partial charge is 0.394 e. The lowest BCUT2D eigenvalue weighted by molar-refractivity contribution is -0.379. The Kier molecular flexibility index (Phi) is 58.4. The third-order valence-corrected chi connectivity index (χ3v) is 21.7. The molecule has 0 saturated carbocycles. The molecular weight excluding hydrogens is 1270 g/mol. The summed E-state index contributed by atoms with van der Waals surface area (Å²) in [6, 6.07) is -0.882.